The number of nitrogens with zero attached hydrogens (tertiary/aromatic N) is 3. The summed E-state index contributed by atoms with van der Waals surface area (Å²) in [4.78, 5) is 14.2. The average Bonchev–Trinajstić information content (AvgIpc) is 2.99. The summed E-state index contributed by atoms with van der Waals surface area (Å²) in [6.45, 7) is 7.23. The van der Waals surface area contributed by atoms with E-state index in [4.69, 9.17) is 9.47 Å². The van der Waals surface area contributed by atoms with Crippen LogP contribution in [0.1, 0.15) is 36.5 Å². The van der Waals surface area contributed by atoms with E-state index in [0.29, 0.717) is 18.8 Å². The Morgan fingerprint density at radius 3 is 2.56 bits per heavy atom. The lowest BCUT2D eigenvalue weighted by molar-refractivity contribution is 0.0647. The van der Waals surface area contributed by atoms with Crippen LogP contribution in [-0.2, 0) is 4.74 Å². The Bertz CT molecular complexity index is 692. The Balaban J connectivity index is 2.03. The summed E-state index contributed by atoms with van der Waals surface area (Å²) in [7, 11) is 3.42. The van der Waals surface area contributed by atoms with Crippen molar-refractivity contribution < 1.29 is 14.3 Å². The summed E-state index contributed by atoms with van der Waals surface area (Å²) in [5.41, 5.74) is 2.25. The first kappa shape index (κ1) is 19.0. The highest BCUT2D eigenvalue weighted by Crippen LogP contribution is 2.17. The highest BCUT2D eigenvalue weighted by Gasteiger charge is 2.17. The fourth-order valence-corrected chi connectivity index (χ4v) is 2.48. The van der Waals surface area contributed by atoms with Gasteiger partial charge in [0.25, 0.3) is 5.91 Å². The van der Waals surface area contributed by atoms with Crippen LogP contribution >= 0.6 is 0 Å². The summed E-state index contributed by atoms with van der Waals surface area (Å²) in [5, 5.41) is 4.47. The van der Waals surface area contributed by atoms with Crippen molar-refractivity contribution in [1.29, 1.82) is 0 Å². The number of amides is 1. The SMILES string of the molecule is COc1ccc(-n2nc(C(=O)N(C)CCCOC(C)C)cc2C)cc1. The minimum atomic E-state index is -0.0834. The molecule has 0 saturated heterocycles. The number of ether oxygens (including phenoxy) is 2. The second-order valence-corrected chi connectivity index (χ2v) is 6.28. The van der Waals surface area contributed by atoms with Gasteiger partial charge in [-0.25, -0.2) is 4.68 Å². The number of rotatable bonds is 8. The molecule has 0 bridgehead atoms. The van der Waals surface area contributed by atoms with Crippen LogP contribution in [0.4, 0.5) is 0 Å². The molecule has 25 heavy (non-hydrogen) atoms. The monoisotopic (exact) mass is 345 g/mol. The quantitative estimate of drug-likeness (QED) is 0.690. The van der Waals surface area contributed by atoms with Gasteiger partial charge in [0.1, 0.15) is 5.75 Å². The smallest absolute Gasteiger partial charge is 0.274 e. The van der Waals surface area contributed by atoms with E-state index in [0.717, 1.165) is 23.6 Å². The van der Waals surface area contributed by atoms with Gasteiger partial charge in [0.15, 0.2) is 5.69 Å². The van der Waals surface area contributed by atoms with E-state index < -0.39 is 0 Å². The van der Waals surface area contributed by atoms with Gasteiger partial charge in [-0.2, -0.15) is 5.10 Å². The van der Waals surface area contributed by atoms with Gasteiger partial charge in [-0.05, 0) is 57.5 Å². The van der Waals surface area contributed by atoms with Gasteiger partial charge in [0.2, 0.25) is 0 Å². The maximum atomic E-state index is 12.6. The van der Waals surface area contributed by atoms with Gasteiger partial charge in [-0.3, -0.25) is 4.79 Å². The van der Waals surface area contributed by atoms with Crippen LogP contribution in [0.3, 0.4) is 0 Å². The predicted octanol–water partition coefficient (Wildman–Crippen LogP) is 3.08. The van der Waals surface area contributed by atoms with Crippen LogP contribution in [0.5, 0.6) is 5.75 Å². The Morgan fingerprint density at radius 2 is 1.96 bits per heavy atom. The summed E-state index contributed by atoms with van der Waals surface area (Å²) < 4.78 is 12.4. The second-order valence-electron chi connectivity index (χ2n) is 6.28. The zero-order valence-electron chi connectivity index (χ0n) is 15.7. The maximum Gasteiger partial charge on any atom is 0.274 e. The van der Waals surface area contributed by atoms with Gasteiger partial charge >= 0.3 is 0 Å². The molecule has 0 spiro atoms. The number of methoxy groups -OCH3 is 1. The second kappa shape index (κ2) is 8.67. The molecule has 0 aliphatic rings. The largest absolute Gasteiger partial charge is 0.497 e. The molecule has 1 amide bonds. The lowest BCUT2D eigenvalue weighted by Gasteiger charge is -2.16. The number of hydrogen-bond acceptors (Lipinski definition) is 4. The first-order valence-electron chi connectivity index (χ1n) is 8.50. The molecule has 1 aromatic heterocycles. The van der Waals surface area contributed by atoms with E-state index in [1.807, 2.05) is 51.1 Å². The number of carbonyl (C=O) groups excluding carboxylic acids is 1. The van der Waals surface area contributed by atoms with Crippen LogP contribution in [0.15, 0.2) is 30.3 Å². The van der Waals surface area contributed by atoms with Crippen LogP contribution in [0, 0.1) is 6.92 Å². The third-order valence-electron chi connectivity index (χ3n) is 3.86. The van der Waals surface area contributed by atoms with Crippen molar-refractivity contribution in [2.45, 2.75) is 33.3 Å². The van der Waals surface area contributed by atoms with E-state index >= 15 is 0 Å². The molecule has 2 rings (SSSR count). The zero-order valence-corrected chi connectivity index (χ0v) is 15.7. The van der Waals surface area contributed by atoms with Crippen LogP contribution in [0.2, 0.25) is 0 Å². The molecule has 136 valence electrons. The molecule has 0 saturated carbocycles. The van der Waals surface area contributed by atoms with Gasteiger partial charge in [-0.1, -0.05) is 0 Å². The van der Waals surface area contributed by atoms with Gasteiger partial charge in [0, 0.05) is 25.9 Å². The normalized spacial score (nSPS) is 11.0. The van der Waals surface area contributed by atoms with Crippen LogP contribution in [-0.4, -0.2) is 54.0 Å². The molecule has 0 atom stereocenters. The van der Waals surface area contributed by atoms with Crippen molar-refractivity contribution in [2.75, 3.05) is 27.3 Å². The lowest BCUT2D eigenvalue weighted by Crippen LogP contribution is -2.29. The molecule has 6 nitrogen and oxygen atoms in total. The lowest BCUT2D eigenvalue weighted by atomic mass is 10.3. The predicted molar refractivity (Wildman–Crippen MR) is 97.5 cm³/mol. The molecule has 0 fully saturated rings. The van der Waals surface area contributed by atoms with Crippen molar-refractivity contribution in [1.82, 2.24) is 14.7 Å². The highest BCUT2D eigenvalue weighted by atomic mass is 16.5. The minimum Gasteiger partial charge on any atom is -0.497 e. The number of benzene rings is 1. The topological polar surface area (TPSA) is 56.6 Å². The molecule has 0 N–H and O–H groups in total. The third-order valence-corrected chi connectivity index (χ3v) is 3.86. The van der Waals surface area contributed by atoms with Crippen LogP contribution in [0.25, 0.3) is 5.69 Å². The highest BCUT2D eigenvalue weighted by molar-refractivity contribution is 5.92. The summed E-state index contributed by atoms with van der Waals surface area (Å²) in [5.74, 6) is 0.702. The standard InChI is InChI=1S/C19H27N3O3/c1-14(2)25-12-6-11-21(4)19(23)18-13-15(3)22(20-18)16-7-9-17(24-5)10-8-16/h7-10,13-14H,6,11-12H2,1-5H3. The van der Waals surface area contributed by atoms with E-state index in [2.05, 4.69) is 5.10 Å². The molecule has 0 aliphatic heterocycles. The Labute approximate surface area is 149 Å². The number of aryl methyl sites for hydroxylation is 1. The first-order valence-corrected chi connectivity index (χ1v) is 8.50. The Morgan fingerprint density at radius 1 is 1.28 bits per heavy atom. The summed E-state index contributed by atoms with van der Waals surface area (Å²) in [6.07, 6.45) is 1.02. The van der Waals surface area contributed by atoms with Gasteiger partial charge < -0.3 is 14.4 Å². The van der Waals surface area contributed by atoms with E-state index in [1.165, 1.54) is 0 Å². The molecular formula is C19H27N3O3. The zero-order chi connectivity index (χ0) is 18.4. The maximum absolute atomic E-state index is 12.6. The molecule has 0 aliphatic carbocycles. The minimum absolute atomic E-state index is 0.0834. The molecule has 1 aromatic carbocycles. The molecule has 2 aromatic rings. The third kappa shape index (κ3) is 5.06. The van der Waals surface area contributed by atoms with Gasteiger partial charge in [0.05, 0.1) is 18.9 Å². The van der Waals surface area contributed by atoms with Crippen molar-refractivity contribution in [2.24, 2.45) is 0 Å². The van der Waals surface area contributed by atoms with Crippen molar-refractivity contribution in [3.63, 3.8) is 0 Å². The van der Waals surface area contributed by atoms with Crippen molar-refractivity contribution in [3.8, 4) is 11.4 Å². The Kier molecular flexibility index (Phi) is 6.58. The van der Waals surface area contributed by atoms with Crippen molar-refractivity contribution >= 4 is 5.91 Å². The van der Waals surface area contributed by atoms with E-state index in [1.54, 1.807) is 23.7 Å². The van der Waals surface area contributed by atoms with E-state index in [9.17, 15) is 4.79 Å². The Hall–Kier alpha value is -2.34. The number of carbonyl (C=O) groups is 1. The summed E-state index contributed by atoms with van der Waals surface area (Å²) >= 11 is 0. The van der Waals surface area contributed by atoms with Crippen molar-refractivity contribution in [3.05, 3.63) is 41.7 Å². The van der Waals surface area contributed by atoms with E-state index in [-0.39, 0.29) is 12.0 Å². The number of hydrogen-bond donors (Lipinski definition) is 0. The number of aromatic nitrogens is 2. The molecule has 0 radical (unpaired) electrons. The summed E-state index contributed by atoms with van der Waals surface area (Å²) in [6, 6.07) is 9.39. The van der Waals surface area contributed by atoms with Gasteiger partial charge in [-0.15, -0.1) is 0 Å². The molecule has 6 heteroatoms. The first-order chi connectivity index (χ1) is 11.9. The van der Waals surface area contributed by atoms with Crippen LogP contribution < -0.4 is 4.74 Å². The fourth-order valence-electron chi connectivity index (χ4n) is 2.48. The molecule has 0 unspecified atom stereocenters. The molecular weight excluding hydrogens is 318 g/mol. The molecule has 1 heterocycles. The average molecular weight is 345 g/mol. The fraction of sp³-hybridized carbons (Fsp3) is 0.474.